The van der Waals surface area contributed by atoms with Crippen LogP contribution in [0.5, 0.6) is 0 Å². The third-order valence-electron chi connectivity index (χ3n) is 5.70. The van der Waals surface area contributed by atoms with Crippen LogP contribution in [0.25, 0.3) is 0 Å². The Kier molecular flexibility index (Phi) is 5.60. The largest absolute Gasteiger partial charge is 0.445 e. The Balaban J connectivity index is 1.28. The minimum atomic E-state index is -3.12. The van der Waals surface area contributed by atoms with Crippen LogP contribution >= 0.6 is 0 Å². The van der Waals surface area contributed by atoms with E-state index in [-0.39, 0.29) is 18.7 Å². The normalized spacial score (nSPS) is 24.4. The third-order valence-corrected chi connectivity index (χ3v) is 7.06. The number of rotatable bonds is 6. The molecule has 9 heteroatoms. The summed E-state index contributed by atoms with van der Waals surface area (Å²) in [6.07, 6.45) is 8.22. The van der Waals surface area contributed by atoms with E-state index in [1.54, 1.807) is 4.31 Å². The number of sulfonamides is 1. The summed E-state index contributed by atoms with van der Waals surface area (Å²) in [6.45, 7) is 0.0262. The number of fused-ring (bicyclic) bond motifs is 2. The molecule has 1 aromatic carbocycles. The highest BCUT2D eigenvalue weighted by molar-refractivity contribution is 7.88. The molecule has 29 heavy (non-hydrogen) atoms. The summed E-state index contributed by atoms with van der Waals surface area (Å²) in [4.78, 5) is 15.6. The maximum atomic E-state index is 12.0. The molecule has 4 rings (SSSR count). The number of nitrogens with zero attached hydrogens (tertiary/aromatic N) is 2. The first kappa shape index (κ1) is 19.9. The molecule has 2 aromatic rings. The molecule has 2 atom stereocenters. The Hall–Kier alpha value is -2.39. The number of benzene rings is 1. The molecule has 2 fully saturated rings. The molecule has 0 spiro atoms. The lowest BCUT2D eigenvalue weighted by Gasteiger charge is -2.37. The van der Waals surface area contributed by atoms with E-state index in [1.807, 2.05) is 24.3 Å². The molecule has 2 aliphatic rings. The zero-order valence-corrected chi connectivity index (χ0v) is 17.1. The standard InChI is InChI=1S/C20H25N3O5S/c1-29(25,26)23-17-6-7-18(23)10-15(9-17)8-14-2-4-16(5-3-14)22-20(24)27-12-19-11-21-13-28-19/h2-5,11,13,15,17-18H,6-10,12H2,1H3,(H,22,24). The van der Waals surface area contributed by atoms with Crippen LogP contribution in [0.15, 0.2) is 41.3 Å². The van der Waals surface area contributed by atoms with Crippen LogP contribution in [-0.2, 0) is 27.8 Å². The van der Waals surface area contributed by atoms with Crippen LogP contribution < -0.4 is 5.32 Å². The van der Waals surface area contributed by atoms with E-state index >= 15 is 0 Å². The zero-order valence-electron chi connectivity index (χ0n) is 16.3. The van der Waals surface area contributed by atoms with Gasteiger partial charge in [0, 0.05) is 17.8 Å². The van der Waals surface area contributed by atoms with Crippen LogP contribution in [0.1, 0.15) is 37.0 Å². The fourth-order valence-corrected chi connectivity index (χ4v) is 6.08. The van der Waals surface area contributed by atoms with Gasteiger partial charge in [-0.05, 0) is 55.7 Å². The van der Waals surface area contributed by atoms with Crippen molar-refractivity contribution in [3.8, 4) is 0 Å². The van der Waals surface area contributed by atoms with Crippen molar-refractivity contribution in [1.82, 2.24) is 9.29 Å². The smallest absolute Gasteiger partial charge is 0.412 e. The fraction of sp³-hybridized carbons (Fsp3) is 0.500. The van der Waals surface area contributed by atoms with E-state index in [4.69, 9.17) is 9.15 Å². The van der Waals surface area contributed by atoms with Crippen LogP contribution in [0, 0.1) is 5.92 Å². The highest BCUT2D eigenvalue weighted by atomic mass is 32.2. The molecule has 2 bridgehead atoms. The first-order valence-electron chi connectivity index (χ1n) is 9.77. The SMILES string of the molecule is CS(=O)(=O)N1C2CCC1CC(Cc1ccc(NC(=O)OCc3cnco3)cc1)C2. The van der Waals surface area contributed by atoms with Gasteiger partial charge in [-0.2, -0.15) is 4.31 Å². The maximum absolute atomic E-state index is 12.0. The van der Waals surface area contributed by atoms with Gasteiger partial charge in [-0.3, -0.25) is 5.32 Å². The minimum Gasteiger partial charge on any atom is -0.445 e. The van der Waals surface area contributed by atoms with E-state index in [9.17, 15) is 13.2 Å². The van der Waals surface area contributed by atoms with Gasteiger partial charge >= 0.3 is 6.09 Å². The van der Waals surface area contributed by atoms with Gasteiger partial charge in [-0.25, -0.2) is 18.2 Å². The number of nitrogens with one attached hydrogen (secondary N) is 1. The second kappa shape index (κ2) is 8.16. The van der Waals surface area contributed by atoms with Gasteiger partial charge in [0.15, 0.2) is 18.8 Å². The van der Waals surface area contributed by atoms with E-state index in [2.05, 4.69) is 10.3 Å². The van der Waals surface area contributed by atoms with Crippen LogP contribution in [0.4, 0.5) is 10.5 Å². The lowest BCUT2D eigenvalue weighted by molar-refractivity contribution is 0.146. The molecule has 156 valence electrons. The van der Waals surface area contributed by atoms with Crippen molar-refractivity contribution in [2.75, 3.05) is 11.6 Å². The second-order valence-electron chi connectivity index (χ2n) is 7.89. The predicted molar refractivity (Wildman–Crippen MR) is 107 cm³/mol. The van der Waals surface area contributed by atoms with Crippen molar-refractivity contribution >= 4 is 21.8 Å². The molecule has 1 N–H and O–H groups in total. The average molecular weight is 420 g/mol. The molecule has 0 saturated carbocycles. The Labute approximate surface area is 170 Å². The molecule has 1 aromatic heterocycles. The number of ether oxygens (including phenoxy) is 1. The van der Waals surface area contributed by atoms with Crippen LogP contribution in [0.3, 0.4) is 0 Å². The monoisotopic (exact) mass is 419 g/mol. The molecule has 2 saturated heterocycles. The van der Waals surface area contributed by atoms with E-state index in [1.165, 1.54) is 24.4 Å². The molecule has 0 aliphatic carbocycles. The van der Waals surface area contributed by atoms with Crippen molar-refractivity contribution in [1.29, 1.82) is 0 Å². The third kappa shape index (κ3) is 4.79. The predicted octanol–water partition coefficient (Wildman–Crippen LogP) is 3.17. The minimum absolute atomic E-state index is 0.0262. The van der Waals surface area contributed by atoms with Crippen molar-refractivity contribution in [3.63, 3.8) is 0 Å². The van der Waals surface area contributed by atoms with Crippen molar-refractivity contribution in [3.05, 3.63) is 48.2 Å². The number of carbonyl (C=O) groups excluding carboxylic acids is 1. The molecule has 3 heterocycles. The summed E-state index contributed by atoms with van der Waals surface area (Å²) in [5.41, 5.74) is 1.84. The number of piperidine rings is 1. The average Bonchev–Trinajstić information content (AvgIpc) is 3.28. The number of aromatic nitrogens is 1. The topological polar surface area (TPSA) is 102 Å². The van der Waals surface area contributed by atoms with Gasteiger partial charge in [0.25, 0.3) is 0 Å². The number of amides is 1. The van der Waals surface area contributed by atoms with Crippen molar-refractivity contribution in [2.45, 2.75) is 50.8 Å². The molecule has 8 nitrogen and oxygen atoms in total. The van der Waals surface area contributed by atoms with E-state index in [0.717, 1.165) is 32.1 Å². The number of hydrogen-bond donors (Lipinski definition) is 1. The van der Waals surface area contributed by atoms with E-state index in [0.29, 0.717) is 17.4 Å². The summed E-state index contributed by atoms with van der Waals surface area (Å²) in [6, 6.07) is 7.99. The number of carbonyl (C=O) groups is 1. The molecular weight excluding hydrogens is 394 g/mol. The first-order valence-corrected chi connectivity index (χ1v) is 11.6. The Morgan fingerprint density at radius 1 is 1.24 bits per heavy atom. The van der Waals surface area contributed by atoms with Crippen LogP contribution in [0.2, 0.25) is 0 Å². The summed E-state index contributed by atoms with van der Waals surface area (Å²) in [5.74, 6) is 0.961. The Bertz CT molecular complexity index is 929. The second-order valence-corrected chi connectivity index (χ2v) is 9.77. The number of oxazole rings is 1. The molecule has 0 radical (unpaired) electrons. The van der Waals surface area contributed by atoms with Gasteiger partial charge in [-0.15, -0.1) is 0 Å². The van der Waals surface area contributed by atoms with Gasteiger partial charge in [0.05, 0.1) is 12.5 Å². The van der Waals surface area contributed by atoms with E-state index < -0.39 is 16.1 Å². The molecular formula is C20H25N3O5S. The lowest BCUT2D eigenvalue weighted by atomic mass is 9.87. The van der Waals surface area contributed by atoms with Crippen molar-refractivity contribution < 1.29 is 22.4 Å². The summed E-state index contributed by atoms with van der Waals surface area (Å²) < 4.78 is 35.9. The molecule has 1 amide bonds. The van der Waals surface area contributed by atoms with Gasteiger partial charge in [-0.1, -0.05) is 12.1 Å². The quantitative estimate of drug-likeness (QED) is 0.772. The summed E-state index contributed by atoms with van der Waals surface area (Å²) in [7, 11) is -3.12. The number of anilines is 1. The Morgan fingerprint density at radius 3 is 2.52 bits per heavy atom. The van der Waals surface area contributed by atoms with Gasteiger partial charge < -0.3 is 9.15 Å². The molecule has 2 unspecified atom stereocenters. The fourth-order valence-electron chi connectivity index (χ4n) is 4.62. The maximum Gasteiger partial charge on any atom is 0.412 e. The lowest BCUT2D eigenvalue weighted by Crippen LogP contribution is -2.46. The zero-order chi connectivity index (χ0) is 20.4. The van der Waals surface area contributed by atoms with Crippen molar-refractivity contribution in [2.24, 2.45) is 5.92 Å². The number of hydrogen-bond acceptors (Lipinski definition) is 6. The van der Waals surface area contributed by atoms with Crippen LogP contribution in [-0.4, -0.2) is 42.1 Å². The van der Waals surface area contributed by atoms with Gasteiger partial charge in [0.1, 0.15) is 0 Å². The summed E-state index contributed by atoms with van der Waals surface area (Å²) in [5, 5.41) is 2.69. The Morgan fingerprint density at radius 2 is 1.93 bits per heavy atom. The first-order chi connectivity index (χ1) is 13.9. The van der Waals surface area contributed by atoms with Gasteiger partial charge in [0.2, 0.25) is 10.0 Å². The molecule has 2 aliphatic heterocycles. The summed E-state index contributed by atoms with van der Waals surface area (Å²) >= 11 is 0. The highest BCUT2D eigenvalue weighted by Crippen LogP contribution is 2.41. The highest BCUT2D eigenvalue weighted by Gasteiger charge is 2.44.